The van der Waals surface area contributed by atoms with E-state index in [4.69, 9.17) is 14.2 Å². The van der Waals surface area contributed by atoms with Gasteiger partial charge in [0.2, 0.25) is 12.5 Å². The van der Waals surface area contributed by atoms with Gasteiger partial charge in [-0.3, -0.25) is 0 Å². The molecule has 5 heteroatoms. The first-order valence-electron chi connectivity index (χ1n) is 6.63. The highest BCUT2D eigenvalue weighted by Gasteiger charge is 2.29. The van der Waals surface area contributed by atoms with Crippen LogP contribution in [0.3, 0.4) is 0 Å². The molecule has 2 N–H and O–H groups in total. The van der Waals surface area contributed by atoms with E-state index in [0.717, 1.165) is 24.2 Å². The first-order valence-corrected chi connectivity index (χ1v) is 6.63. The van der Waals surface area contributed by atoms with E-state index in [9.17, 15) is 5.11 Å². The second-order valence-electron chi connectivity index (χ2n) is 5.07. The lowest BCUT2D eigenvalue weighted by atomic mass is 10.1. The van der Waals surface area contributed by atoms with Crippen LogP contribution in [-0.2, 0) is 6.54 Å². The number of rotatable bonds is 6. The van der Waals surface area contributed by atoms with Gasteiger partial charge in [0.15, 0.2) is 11.5 Å². The molecule has 0 aromatic heterocycles. The number of ether oxygens (including phenoxy) is 3. The number of hydrogen-bond donors (Lipinski definition) is 2. The third-order valence-corrected chi connectivity index (χ3v) is 3.57. The minimum absolute atomic E-state index is 0.226. The van der Waals surface area contributed by atoms with Crippen LogP contribution >= 0.6 is 0 Å². The van der Waals surface area contributed by atoms with Crippen LogP contribution < -0.4 is 19.5 Å². The first-order chi connectivity index (χ1) is 9.28. The maximum atomic E-state index is 9.79. The third-order valence-electron chi connectivity index (χ3n) is 3.57. The summed E-state index contributed by atoms with van der Waals surface area (Å²) in [5, 5.41) is 13.1. The molecule has 3 rings (SSSR count). The molecule has 1 saturated carbocycles. The summed E-state index contributed by atoms with van der Waals surface area (Å²) in [6.07, 6.45) is 2.08. The smallest absolute Gasteiger partial charge is 0.231 e. The lowest BCUT2D eigenvalue weighted by Crippen LogP contribution is -2.27. The Labute approximate surface area is 112 Å². The Bertz CT molecular complexity index is 459. The highest BCUT2D eigenvalue weighted by Crippen LogP contribution is 2.41. The van der Waals surface area contributed by atoms with Crippen LogP contribution in [0.5, 0.6) is 17.2 Å². The maximum absolute atomic E-state index is 9.79. The lowest BCUT2D eigenvalue weighted by molar-refractivity contribution is 0.148. The summed E-state index contributed by atoms with van der Waals surface area (Å²) in [4.78, 5) is 0. The molecule has 0 radical (unpaired) electrons. The van der Waals surface area contributed by atoms with E-state index in [1.165, 1.54) is 0 Å². The van der Waals surface area contributed by atoms with Crippen molar-refractivity contribution in [3.63, 3.8) is 0 Å². The molecule has 1 fully saturated rings. The number of aliphatic hydroxyl groups excluding tert-OH is 1. The second-order valence-corrected chi connectivity index (χ2v) is 5.07. The van der Waals surface area contributed by atoms with Crippen LogP contribution in [0.15, 0.2) is 12.1 Å². The maximum Gasteiger partial charge on any atom is 0.231 e. The number of hydrogen-bond acceptors (Lipinski definition) is 5. The van der Waals surface area contributed by atoms with Gasteiger partial charge in [0.25, 0.3) is 0 Å². The molecule has 2 aliphatic rings. The second kappa shape index (κ2) is 5.27. The van der Waals surface area contributed by atoms with Gasteiger partial charge in [-0.05, 0) is 36.5 Å². The summed E-state index contributed by atoms with van der Waals surface area (Å²) in [6, 6.07) is 3.88. The summed E-state index contributed by atoms with van der Waals surface area (Å²) >= 11 is 0. The average molecular weight is 265 g/mol. The molecule has 0 bridgehead atoms. The Morgan fingerprint density at radius 1 is 1.42 bits per heavy atom. The molecule has 0 spiro atoms. The third kappa shape index (κ3) is 2.77. The van der Waals surface area contributed by atoms with Gasteiger partial charge in [-0.2, -0.15) is 0 Å². The van der Waals surface area contributed by atoms with E-state index in [2.05, 4.69) is 5.32 Å². The van der Waals surface area contributed by atoms with Gasteiger partial charge in [0.1, 0.15) is 0 Å². The van der Waals surface area contributed by atoms with E-state index >= 15 is 0 Å². The van der Waals surface area contributed by atoms with Crippen molar-refractivity contribution < 1.29 is 19.3 Å². The molecule has 1 aromatic carbocycles. The molecule has 19 heavy (non-hydrogen) atoms. The van der Waals surface area contributed by atoms with Gasteiger partial charge in [-0.15, -0.1) is 0 Å². The predicted octanol–water partition coefficient (Wildman–Crippen LogP) is 1.28. The van der Waals surface area contributed by atoms with Crippen LogP contribution in [0, 0.1) is 5.92 Å². The summed E-state index contributed by atoms with van der Waals surface area (Å²) in [6.45, 7) is 1.54. The normalized spacial score (nSPS) is 18.4. The minimum atomic E-state index is -0.226. The Hall–Kier alpha value is -1.46. The minimum Gasteiger partial charge on any atom is -0.493 e. The molecule has 1 aromatic rings. The van der Waals surface area contributed by atoms with Crippen molar-refractivity contribution in [2.45, 2.75) is 25.5 Å². The average Bonchev–Trinajstić information content (AvgIpc) is 3.16. The van der Waals surface area contributed by atoms with Crippen LogP contribution in [0.2, 0.25) is 0 Å². The van der Waals surface area contributed by atoms with E-state index in [-0.39, 0.29) is 12.9 Å². The Morgan fingerprint density at radius 2 is 2.26 bits per heavy atom. The zero-order valence-electron chi connectivity index (χ0n) is 11.0. The zero-order valence-corrected chi connectivity index (χ0v) is 11.0. The fourth-order valence-corrected chi connectivity index (χ4v) is 2.30. The molecule has 104 valence electrons. The summed E-state index contributed by atoms with van der Waals surface area (Å²) in [5.41, 5.74) is 1.06. The summed E-state index contributed by atoms with van der Waals surface area (Å²) in [5.74, 6) is 2.58. The number of fused-ring (bicyclic) bond motifs is 1. The number of benzene rings is 1. The lowest BCUT2D eigenvalue weighted by Gasteiger charge is -2.12. The van der Waals surface area contributed by atoms with Crippen molar-refractivity contribution in [1.29, 1.82) is 0 Å². The van der Waals surface area contributed by atoms with Crippen LogP contribution in [0.1, 0.15) is 18.4 Å². The molecular weight excluding hydrogens is 246 g/mol. The quantitative estimate of drug-likeness (QED) is 0.811. The van der Waals surface area contributed by atoms with Crippen molar-refractivity contribution >= 4 is 0 Å². The highest BCUT2D eigenvalue weighted by atomic mass is 16.7. The van der Waals surface area contributed by atoms with Crippen molar-refractivity contribution in [2.24, 2.45) is 5.92 Å². The van der Waals surface area contributed by atoms with Crippen LogP contribution in [-0.4, -0.2) is 31.7 Å². The number of nitrogens with one attached hydrogen (secondary N) is 1. The molecule has 1 aliphatic heterocycles. The topological polar surface area (TPSA) is 60.0 Å². The Morgan fingerprint density at radius 3 is 3.00 bits per heavy atom. The van der Waals surface area contributed by atoms with Gasteiger partial charge < -0.3 is 24.6 Å². The van der Waals surface area contributed by atoms with E-state index in [1.54, 1.807) is 7.11 Å². The fourth-order valence-electron chi connectivity index (χ4n) is 2.30. The highest BCUT2D eigenvalue weighted by molar-refractivity contribution is 5.55. The van der Waals surface area contributed by atoms with Crippen LogP contribution in [0.4, 0.5) is 0 Å². The Kier molecular flexibility index (Phi) is 3.48. The summed E-state index contributed by atoms with van der Waals surface area (Å²) < 4.78 is 16.0. The molecule has 1 atom stereocenters. The van der Waals surface area contributed by atoms with Crippen molar-refractivity contribution in [3.05, 3.63) is 17.7 Å². The van der Waals surface area contributed by atoms with Crippen molar-refractivity contribution in [1.82, 2.24) is 5.32 Å². The Balaban J connectivity index is 1.61. The van der Waals surface area contributed by atoms with Gasteiger partial charge in [0, 0.05) is 13.1 Å². The van der Waals surface area contributed by atoms with E-state index in [1.807, 2.05) is 12.1 Å². The molecule has 1 aliphatic carbocycles. The monoisotopic (exact) mass is 265 g/mol. The van der Waals surface area contributed by atoms with Gasteiger partial charge >= 0.3 is 0 Å². The summed E-state index contributed by atoms with van der Waals surface area (Å²) in [7, 11) is 1.62. The standard InChI is InChI=1S/C14H19NO4/c1-17-12-4-9(5-13-14(12)19-8-18-13)6-15-7-11(16)10-2-3-10/h4-5,10-11,15-16H,2-3,6-8H2,1H3. The molecular formula is C14H19NO4. The molecule has 0 saturated heterocycles. The number of aliphatic hydroxyl groups is 1. The van der Waals surface area contributed by atoms with Gasteiger partial charge in [0.05, 0.1) is 13.2 Å². The van der Waals surface area contributed by atoms with Gasteiger partial charge in [-0.25, -0.2) is 0 Å². The molecule has 0 amide bonds. The first kappa shape index (κ1) is 12.6. The van der Waals surface area contributed by atoms with E-state index in [0.29, 0.717) is 30.5 Å². The van der Waals surface area contributed by atoms with Crippen molar-refractivity contribution in [2.75, 3.05) is 20.4 Å². The van der Waals surface area contributed by atoms with Gasteiger partial charge in [-0.1, -0.05) is 0 Å². The predicted molar refractivity (Wildman–Crippen MR) is 69.6 cm³/mol. The fraction of sp³-hybridized carbons (Fsp3) is 0.571. The SMILES string of the molecule is COc1cc(CNCC(O)C2CC2)cc2c1OCO2. The molecule has 5 nitrogen and oxygen atoms in total. The largest absolute Gasteiger partial charge is 0.493 e. The van der Waals surface area contributed by atoms with E-state index < -0.39 is 0 Å². The van der Waals surface area contributed by atoms with Crippen molar-refractivity contribution in [3.8, 4) is 17.2 Å². The molecule has 1 unspecified atom stereocenters. The van der Waals surface area contributed by atoms with Crippen LogP contribution in [0.25, 0.3) is 0 Å². The molecule has 1 heterocycles. The number of methoxy groups -OCH3 is 1. The zero-order chi connectivity index (χ0) is 13.2.